The first-order chi connectivity index (χ1) is 13.0. The molecule has 1 N–H and O–H groups in total. The Labute approximate surface area is 156 Å². The number of carbonyl (C=O) groups excluding carboxylic acids is 2. The quantitative estimate of drug-likeness (QED) is 0.642. The molecule has 0 bridgehead atoms. The Balaban J connectivity index is 1.72. The number of non-ortho nitro benzene ring substituents is 1. The number of nitrogens with zero attached hydrogens (tertiary/aromatic N) is 2. The van der Waals surface area contributed by atoms with E-state index in [1.54, 1.807) is 31.2 Å². The third kappa shape index (κ3) is 4.16. The zero-order chi connectivity index (χ0) is 19.4. The van der Waals surface area contributed by atoms with Gasteiger partial charge in [0.15, 0.2) is 5.76 Å². The van der Waals surface area contributed by atoms with Crippen LogP contribution in [0.15, 0.2) is 47.1 Å². The monoisotopic (exact) mass is 371 g/mol. The van der Waals surface area contributed by atoms with Crippen LogP contribution < -0.4 is 5.32 Å². The van der Waals surface area contributed by atoms with Crippen molar-refractivity contribution in [3.63, 3.8) is 0 Å². The first kappa shape index (κ1) is 18.6. The van der Waals surface area contributed by atoms with Gasteiger partial charge >= 0.3 is 0 Å². The number of amides is 2. The molecule has 2 heterocycles. The van der Waals surface area contributed by atoms with Gasteiger partial charge in [-0.3, -0.25) is 19.7 Å². The van der Waals surface area contributed by atoms with Crippen LogP contribution in [0.2, 0.25) is 0 Å². The molecule has 1 aliphatic heterocycles. The molecule has 0 saturated carbocycles. The Kier molecular flexibility index (Phi) is 5.54. The van der Waals surface area contributed by atoms with Gasteiger partial charge in [-0.1, -0.05) is 12.1 Å². The van der Waals surface area contributed by atoms with Crippen LogP contribution in [0.1, 0.15) is 48.3 Å². The van der Waals surface area contributed by atoms with E-state index < -0.39 is 17.0 Å². The zero-order valence-electron chi connectivity index (χ0n) is 15.0. The first-order valence-electron chi connectivity index (χ1n) is 8.86. The fourth-order valence-corrected chi connectivity index (χ4v) is 3.29. The van der Waals surface area contributed by atoms with Crippen LogP contribution in [0.4, 0.5) is 5.69 Å². The maximum Gasteiger partial charge on any atom is 0.290 e. The highest BCUT2D eigenvalue weighted by atomic mass is 16.6. The Morgan fingerprint density at radius 1 is 1.30 bits per heavy atom. The van der Waals surface area contributed by atoms with Crippen molar-refractivity contribution in [1.29, 1.82) is 0 Å². The SMILES string of the molecule is CC(NC(=O)C1CCCCN1C(=O)c1ccco1)c1cccc([N+](=O)[O-])c1. The van der Waals surface area contributed by atoms with Crippen LogP contribution in [0.25, 0.3) is 0 Å². The maximum atomic E-state index is 12.8. The summed E-state index contributed by atoms with van der Waals surface area (Å²) in [4.78, 5) is 37.5. The van der Waals surface area contributed by atoms with Gasteiger partial charge in [0.05, 0.1) is 17.2 Å². The van der Waals surface area contributed by atoms with Crippen molar-refractivity contribution in [2.75, 3.05) is 6.54 Å². The molecule has 0 radical (unpaired) electrons. The Morgan fingerprint density at radius 2 is 2.11 bits per heavy atom. The predicted molar refractivity (Wildman–Crippen MR) is 97.0 cm³/mol. The minimum Gasteiger partial charge on any atom is -0.459 e. The normalized spacial score (nSPS) is 18.0. The zero-order valence-corrected chi connectivity index (χ0v) is 15.0. The van der Waals surface area contributed by atoms with Gasteiger partial charge in [0.1, 0.15) is 6.04 Å². The summed E-state index contributed by atoms with van der Waals surface area (Å²) in [5.41, 5.74) is 0.609. The number of hydrogen-bond acceptors (Lipinski definition) is 5. The van der Waals surface area contributed by atoms with Crippen molar-refractivity contribution < 1.29 is 18.9 Å². The summed E-state index contributed by atoms with van der Waals surface area (Å²) in [7, 11) is 0. The smallest absolute Gasteiger partial charge is 0.290 e. The van der Waals surface area contributed by atoms with E-state index in [-0.39, 0.29) is 23.3 Å². The van der Waals surface area contributed by atoms with E-state index in [1.165, 1.54) is 23.3 Å². The molecule has 2 atom stereocenters. The minimum atomic E-state index is -0.586. The minimum absolute atomic E-state index is 0.0270. The molecule has 3 rings (SSSR count). The summed E-state index contributed by atoms with van der Waals surface area (Å²) in [6.45, 7) is 2.25. The van der Waals surface area contributed by atoms with Gasteiger partial charge in [-0.15, -0.1) is 0 Å². The lowest BCUT2D eigenvalue weighted by atomic mass is 10.00. The summed E-state index contributed by atoms with van der Waals surface area (Å²) >= 11 is 0. The van der Waals surface area contributed by atoms with E-state index in [9.17, 15) is 19.7 Å². The number of likely N-dealkylation sites (tertiary alicyclic amines) is 1. The lowest BCUT2D eigenvalue weighted by Gasteiger charge is -2.34. The van der Waals surface area contributed by atoms with E-state index in [1.807, 2.05) is 0 Å². The fraction of sp³-hybridized carbons (Fsp3) is 0.368. The van der Waals surface area contributed by atoms with Gasteiger partial charge in [0.2, 0.25) is 5.91 Å². The van der Waals surface area contributed by atoms with Crippen molar-refractivity contribution in [1.82, 2.24) is 10.2 Å². The molecule has 2 amide bonds. The first-order valence-corrected chi connectivity index (χ1v) is 8.86. The van der Waals surface area contributed by atoms with Gasteiger partial charge < -0.3 is 14.6 Å². The van der Waals surface area contributed by atoms with E-state index in [0.29, 0.717) is 18.5 Å². The highest BCUT2D eigenvalue weighted by Gasteiger charge is 2.34. The highest BCUT2D eigenvalue weighted by molar-refractivity contribution is 5.95. The van der Waals surface area contributed by atoms with Crippen molar-refractivity contribution in [2.24, 2.45) is 0 Å². The number of carbonyl (C=O) groups is 2. The average Bonchev–Trinajstić information content (AvgIpc) is 3.22. The largest absolute Gasteiger partial charge is 0.459 e. The van der Waals surface area contributed by atoms with Gasteiger partial charge in [-0.25, -0.2) is 0 Å². The highest BCUT2D eigenvalue weighted by Crippen LogP contribution is 2.23. The van der Waals surface area contributed by atoms with Gasteiger partial charge in [-0.05, 0) is 43.9 Å². The molecule has 1 aromatic heterocycles. The van der Waals surface area contributed by atoms with E-state index in [2.05, 4.69) is 5.32 Å². The topological polar surface area (TPSA) is 106 Å². The number of piperidine rings is 1. The second kappa shape index (κ2) is 8.03. The molecule has 0 aliphatic carbocycles. The Morgan fingerprint density at radius 3 is 2.81 bits per heavy atom. The number of nitro groups is 1. The Hall–Kier alpha value is -3.16. The van der Waals surface area contributed by atoms with Crippen LogP contribution in [0.3, 0.4) is 0 Å². The Bertz CT molecular complexity index is 834. The van der Waals surface area contributed by atoms with Gasteiger partial charge in [-0.2, -0.15) is 0 Å². The third-order valence-electron chi connectivity index (χ3n) is 4.74. The van der Waals surface area contributed by atoms with Crippen LogP contribution in [0, 0.1) is 10.1 Å². The molecule has 1 saturated heterocycles. The van der Waals surface area contributed by atoms with E-state index in [0.717, 1.165) is 12.8 Å². The molecule has 8 nitrogen and oxygen atoms in total. The standard InChI is InChI=1S/C19H21N3O5/c1-13(14-6-4-7-15(12-14)22(25)26)20-18(23)16-8-2-3-10-21(16)19(24)17-9-5-11-27-17/h4-7,9,11-13,16H,2-3,8,10H2,1H3,(H,20,23). The molecule has 2 aromatic rings. The summed E-state index contributed by atoms with van der Waals surface area (Å²) in [6, 6.07) is 8.38. The second-order valence-electron chi connectivity index (χ2n) is 6.57. The summed E-state index contributed by atoms with van der Waals surface area (Å²) in [5, 5.41) is 13.8. The number of furan rings is 1. The predicted octanol–water partition coefficient (Wildman–Crippen LogP) is 3.06. The summed E-state index contributed by atoms with van der Waals surface area (Å²) in [5.74, 6) is -0.363. The molecule has 142 valence electrons. The second-order valence-corrected chi connectivity index (χ2v) is 6.57. The molecule has 2 unspecified atom stereocenters. The molecule has 27 heavy (non-hydrogen) atoms. The summed E-state index contributed by atoms with van der Waals surface area (Å²) < 4.78 is 5.18. The maximum absolute atomic E-state index is 12.8. The third-order valence-corrected chi connectivity index (χ3v) is 4.74. The molecule has 1 aromatic carbocycles. The molecule has 1 aliphatic rings. The van der Waals surface area contributed by atoms with Crippen molar-refractivity contribution in [2.45, 2.75) is 38.3 Å². The van der Waals surface area contributed by atoms with Gasteiger partial charge in [0, 0.05) is 18.7 Å². The van der Waals surface area contributed by atoms with Crippen molar-refractivity contribution in [3.8, 4) is 0 Å². The van der Waals surface area contributed by atoms with E-state index in [4.69, 9.17) is 4.42 Å². The lowest BCUT2D eigenvalue weighted by molar-refractivity contribution is -0.384. The van der Waals surface area contributed by atoms with Gasteiger partial charge in [0.25, 0.3) is 11.6 Å². The number of hydrogen-bond donors (Lipinski definition) is 1. The fourth-order valence-electron chi connectivity index (χ4n) is 3.29. The van der Waals surface area contributed by atoms with E-state index >= 15 is 0 Å². The van der Waals surface area contributed by atoms with Crippen molar-refractivity contribution >= 4 is 17.5 Å². The number of benzene rings is 1. The summed E-state index contributed by atoms with van der Waals surface area (Å²) in [6.07, 6.45) is 3.68. The molecule has 1 fully saturated rings. The average molecular weight is 371 g/mol. The molecular weight excluding hydrogens is 350 g/mol. The van der Waals surface area contributed by atoms with Crippen LogP contribution in [-0.2, 0) is 4.79 Å². The van der Waals surface area contributed by atoms with Crippen molar-refractivity contribution in [3.05, 3.63) is 64.1 Å². The van der Waals surface area contributed by atoms with Crippen LogP contribution in [0.5, 0.6) is 0 Å². The molecular formula is C19H21N3O5. The van der Waals surface area contributed by atoms with Crippen LogP contribution >= 0.6 is 0 Å². The lowest BCUT2D eigenvalue weighted by Crippen LogP contribution is -2.52. The van der Waals surface area contributed by atoms with Crippen LogP contribution in [-0.4, -0.2) is 34.2 Å². The number of nitrogens with one attached hydrogen (secondary N) is 1. The molecule has 8 heteroatoms. The number of rotatable bonds is 5. The number of nitro benzene ring substituents is 1. The molecule has 0 spiro atoms.